The molecule has 41 heavy (non-hydrogen) atoms. The average Bonchev–Trinajstić information content (AvgIpc) is 3.45. The number of nitrogens with zero attached hydrogens (tertiary/aromatic N) is 3. The molecule has 6 rings (SSSR count). The summed E-state index contributed by atoms with van der Waals surface area (Å²) in [5.41, 5.74) is 5.94. The molecule has 0 aliphatic carbocycles. The fraction of sp³-hybridized carbons (Fsp3) is 0.281. The smallest absolute Gasteiger partial charge is 0.258 e. The van der Waals surface area contributed by atoms with Crippen LogP contribution in [0.4, 0.5) is 5.69 Å². The third kappa shape index (κ3) is 5.05. The van der Waals surface area contributed by atoms with Gasteiger partial charge in [-0.15, -0.1) is 0 Å². The summed E-state index contributed by atoms with van der Waals surface area (Å²) in [4.78, 5) is 15.2. The summed E-state index contributed by atoms with van der Waals surface area (Å²) in [5, 5.41) is 1.01. The number of rotatable bonds is 7. The molecule has 3 aromatic carbocycles. The Morgan fingerprint density at radius 2 is 1.78 bits per heavy atom. The van der Waals surface area contributed by atoms with E-state index in [2.05, 4.69) is 22.8 Å². The Morgan fingerprint density at radius 3 is 2.59 bits per heavy atom. The standard InChI is InChI=1S/C32H33N3O5S/c1-22-8-9-23(2)31(18-22)40-17-12-34-21-24(26-6-4-5-7-30(26)34)19-28-27-20-25(10-11-29(27)33(3)32(28)36)41(37,38)35-13-15-39-16-14-35/h4-11,18-21H,12-17H2,1-3H3/b28-19-. The Kier molecular flexibility index (Phi) is 7.19. The predicted molar refractivity (Wildman–Crippen MR) is 161 cm³/mol. The summed E-state index contributed by atoms with van der Waals surface area (Å²) in [6.07, 6.45) is 3.91. The van der Waals surface area contributed by atoms with E-state index in [1.807, 2.05) is 50.4 Å². The normalized spacial score (nSPS) is 17.0. The van der Waals surface area contributed by atoms with E-state index in [0.29, 0.717) is 56.3 Å². The maximum Gasteiger partial charge on any atom is 0.258 e. The van der Waals surface area contributed by atoms with Crippen LogP contribution in [0.15, 0.2) is 71.8 Å². The third-order valence-electron chi connectivity index (χ3n) is 7.82. The monoisotopic (exact) mass is 571 g/mol. The molecule has 2 aliphatic rings. The highest BCUT2D eigenvalue weighted by molar-refractivity contribution is 7.89. The van der Waals surface area contributed by atoms with Crippen molar-refractivity contribution in [2.24, 2.45) is 0 Å². The molecule has 0 radical (unpaired) electrons. The number of likely N-dealkylation sites (N-methyl/N-ethyl adjacent to an activating group) is 1. The number of anilines is 1. The average molecular weight is 572 g/mol. The Morgan fingerprint density at radius 1 is 1.00 bits per heavy atom. The summed E-state index contributed by atoms with van der Waals surface area (Å²) in [6.45, 7) is 6.57. The first-order chi connectivity index (χ1) is 19.7. The van der Waals surface area contributed by atoms with Gasteiger partial charge in [-0.2, -0.15) is 4.31 Å². The van der Waals surface area contributed by atoms with Crippen molar-refractivity contribution in [1.29, 1.82) is 0 Å². The SMILES string of the molecule is Cc1ccc(C)c(OCCn2cc(/C=C3\C(=O)N(C)c4ccc(S(=O)(=O)N5CCOCC5)cc43)c3ccccc32)c1. The number of carbonyl (C=O) groups is 1. The van der Waals surface area contributed by atoms with Gasteiger partial charge in [0.25, 0.3) is 5.91 Å². The number of hydrogen-bond acceptors (Lipinski definition) is 5. The summed E-state index contributed by atoms with van der Waals surface area (Å²) >= 11 is 0. The lowest BCUT2D eigenvalue weighted by molar-refractivity contribution is -0.112. The van der Waals surface area contributed by atoms with Gasteiger partial charge in [-0.05, 0) is 61.4 Å². The number of carbonyl (C=O) groups excluding carboxylic acids is 1. The van der Waals surface area contributed by atoms with Crippen LogP contribution in [0.5, 0.6) is 5.75 Å². The number of benzene rings is 3. The molecule has 2 aliphatic heterocycles. The first kappa shape index (κ1) is 27.3. The number of ether oxygens (including phenoxy) is 2. The third-order valence-corrected chi connectivity index (χ3v) is 9.71. The number of amides is 1. The molecule has 1 fully saturated rings. The van der Waals surface area contributed by atoms with Crippen LogP contribution in [-0.2, 0) is 26.1 Å². The lowest BCUT2D eigenvalue weighted by atomic mass is 10.0. The zero-order valence-corrected chi connectivity index (χ0v) is 24.3. The number of fused-ring (bicyclic) bond motifs is 2. The summed E-state index contributed by atoms with van der Waals surface area (Å²) in [6, 6.07) is 19.2. The Bertz CT molecular complexity index is 1780. The first-order valence-corrected chi connectivity index (χ1v) is 15.2. The molecule has 0 unspecified atom stereocenters. The van der Waals surface area contributed by atoms with Crippen LogP contribution in [-0.4, -0.2) is 63.2 Å². The predicted octanol–water partition coefficient (Wildman–Crippen LogP) is 4.88. The summed E-state index contributed by atoms with van der Waals surface area (Å²) < 4.78 is 41.8. The fourth-order valence-corrected chi connectivity index (χ4v) is 6.95. The number of aromatic nitrogens is 1. The van der Waals surface area contributed by atoms with Crippen molar-refractivity contribution in [2.45, 2.75) is 25.3 Å². The lowest BCUT2D eigenvalue weighted by Crippen LogP contribution is -2.40. The molecule has 0 bridgehead atoms. The minimum absolute atomic E-state index is 0.170. The van der Waals surface area contributed by atoms with Crippen molar-refractivity contribution < 1.29 is 22.7 Å². The Balaban J connectivity index is 1.34. The molecule has 0 N–H and O–H groups in total. The zero-order valence-electron chi connectivity index (χ0n) is 23.5. The van der Waals surface area contributed by atoms with Crippen molar-refractivity contribution in [3.63, 3.8) is 0 Å². The van der Waals surface area contributed by atoms with Gasteiger partial charge in [-0.1, -0.05) is 30.3 Å². The van der Waals surface area contributed by atoms with E-state index in [4.69, 9.17) is 9.47 Å². The minimum Gasteiger partial charge on any atom is -0.491 e. The van der Waals surface area contributed by atoms with E-state index >= 15 is 0 Å². The second kappa shape index (κ2) is 10.8. The van der Waals surface area contributed by atoms with Gasteiger partial charge in [0.15, 0.2) is 0 Å². The molecule has 212 valence electrons. The zero-order chi connectivity index (χ0) is 28.7. The van der Waals surface area contributed by atoms with Gasteiger partial charge in [0, 0.05) is 53.9 Å². The number of para-hydroxylation sites is 1. The van der Waals surface area contributed by atoms with Crippen molar-refractivity contribution in [2.75, 3.05) is 44.9 Å². The highest BCUT2D eigenvalue weighted by Gasteiger charge is 2.33. The Labute approximate surface area is 240 Å². The summed E-state index contributed by atoms with van der Waals surface area (Å²) in [7, 11) is -1.99. The molecule has 0 atom stereocenters. The molecule has 9 heteroatoms. The fourth-order valence-electron chi connectivity index (χ4n) is 5.51. The molecule has 3 heterocycles. The van der Waals surface area contributed by atoms with E-state index in [9.17, 15) is 13.2 Å². The highest BCUT2D eigenvalue weighted by Crippen LogP contribution is 2.39. The number of sulfonamides is 1. The second-order valence-corrected chi connectivity index (χ2v) is 12.5. The van der Waals surface area contributed by atoms with E-state index in [1.54, 1.807) is 30.1 Å². The molecule has 1 saturated heterocycles. The van der Waals surface area contributed by atoms with E-state index < -0.39 is 10.0 Å². The van der Waals surface area contributed by atoms with Gasteiger partial charge in [-0.3, -0.25) is 4.79 Å². The maximum atomic E-state index is 13.4. The molecule has 0 spiro atoms. The highest BCUT2D eigenvalue weighted by atomic mass is 32.2. The number of morpholine rings is 1. The molecule has 8 nitrogen and oxygen atoms in total. The lowest BCUT2D eigenvalue weighted by Gasteiger charge is -2.26. The van der Waals surface area contributed by atoms with Crippen molar-refractivity contribution in [3.8, 4) is 5.75 Å². The van der Waals surface area contributed by atoms with Crippen LogP contribution in [0.1, 0.15) is 22.3 Å². The van der Waals surface area contributed by atoms with Crippen molar-refractivity contribution in [1.82, 2.24) is 8.87 Å². The van der Waals surface area contributed by atoms with Crippen LogP contribution in [0, 0.1) is 13.8 Å². The molecule has 0 saturated carbocycles. The largest absolute Gasteiger partial charge is 0.491 e. The van der Waals surface area contributed by atoms with Crippen LogP contribution in [0.25, 0.3) is 22.6 Å². The van der Waals surface area contributed by atoms with Crippen LogP contribution in [0.2, 0.25) is 0 Å². The first-order valence-electron chi connectivity index (χ1n) is 13.7. The maximum absolute atomic E-state index is 13.4. The molecule has 4 aromatic rings. The number of hydrogen-bond donors (Lipinski definition) is 0. The molecule has 1 amide bonds. The van der Waals surface area contributed by atoms with Crippen LogP contribution in [0.3, 0.4) is 0 Å². The quantitative estimate of drug-likeness (QED) is 0.296. The molecular weight excluding hydrogens is 538 g/mol. The van der Waals surface area contributed by atoms with Crippen molar-refractivity contribution >= 4 is 44.2 Å². The van der Waals surface area contributed by atoms with Gasteiger partial charge < -0.3 is 18.9 Å². The van der Waals surface area contributed by atoms with E-state index in [1.165, 1.54) is 4.31 Å². The molecule has 1 aromatic heterocycles. The number of aryl methyl sites for hydroxylation is 2. The van der Waals surface area contributed by atoms with Gasteiger partial charge in [0.2, 0.25) is 10.0 Å². The van der Waals surface area contributed by atoms with E-state index in [-0.39, 0.29) is 10.8 Å². The summed E-state index contributed by atoms with van der Waals surface area (Å²) in [5.74, 6) is 0.707. The van der Waals surface area contributed by atoms with Gasteiger partial charge >= 0.3 is 0 Å². The molecular formula is C32H33N3O5S. The second-order valence-electron chi connectivity index (χ2n) is 10.5. The van der Waals surface area contributed by atoms with Gasteiger partial charge in [0.05, 0.1) is 30.3 Å². The topological polar surface area (TPSA) is 81.1 Å². The van der Waals surface area contributed by atoms with Crippen LogP contribution < -0.4 is 9.64 Å². The Hall–Kier alpha value is -3.92. The minimum atomic E-state index is -3.71. The van der Waals surface area contributed by atoms with Crippen molar-refractivity contribution in [3.05, 3.63) is 89.1 Å². The van der Waals surface area contributed by atoms with Crippen LogP contribution >= 0.6 is 0 Å². The van der Waals surface area contributed by atoms with Gasteiger partial charge in [-0.25, -0.2) is 8.42 Å². The van der Waals surface area contributed by atoms with E-state index in [0.717, 1.165) is 33.3 Å². The van der Waals surface area contributed by atoms with Gasteiger partial charge in [0.1, 0.15) is 12.4 Å².